The summed E-state index contributed by atoms with van der Waals surface area (Å²) in [5, 5.41) is 7.42. The van der Waals surface area contributed by atoms with E-state index in [-0.39, 0.29) is 5.54 Å². The molecule has 0 radical (unpaired) electrons. The van der Waals surface area contributed by atoms with Gasteiger partial charge in [-0.3, -0.25) is 0 Å². The van der Waals surface area contributed by atoms with E-state index >= 15 is 0 Å². The minimum atomic E-state index is 0.166. The Morgan fingerprint density at radius 3 is 2.64 bits per heavy atom. The van der Waals surface area contributed by atoms with E-state index in [1.165, 1.54) is 49.3 Å². The zero-order chi connectivity index (χ0) is 16.0. The number of nitrogens with zero attached hydrogens (tertiary/aromatic N) is 1. The summed E-state index contributed by atoms with van der Waals surface area (Å²) in [5.74, 6) is 0. The van der Waals surface area contributed by atoms with Crippen LogP contribution in [0.4, 0.5) is 0 Å². The van der Waals surface area contributed by atoms with Gasteiger partial charge in [0.25, 0.3) is 0 Å². The van der Waals surface area contributed by atoms with Crippen molar-refractivity contribution in [1.29, 1.82) is 0 Å². The van der Waals surface area contributed by atoms with Crippen molar-refractivity contribution in [3.05, 3.63) is 35.3 Å². The molecule has 2 N–H and O–H groups in total. The number of nitrogens with one attached hydrogen (secondary N) is 2. The molecule has 3 heterocycles. The summed E-state index contributed by atoms with van der Waals surface area (Å²) in [6.07, 6.45) is 13.1. The molecule has 3 nitrogen and oxygen atoms in total. The lowest BCUT2D eigenvalue weighted by Crippen LogP contribution is -2.61. The van der Waals surface area contributed by atoms with Crippen LogP contribution in [0.25, 0.3) is 0 Å². The number of hydrogen-bond donors (Lipinski definition) is 2. The van der Waals surface area contributed by atoms with E-state index in [1.807, 2.05) is 13.8 Å². The lowest BCUT2D eigenvalue weighted by molar-refractivity contribution is 0.206. The average molecular weight is 303 g/mol. The smallest absolute Gasteiger partial charge is 0.0797 e. The molecule has 0 aromatic carbocycles. The molecule has 2 fully saturated rings. The van der Waals surface area contributed by atoms with E-state index < -0.39 is 0 Å². The first-order valence-electron chi connectivity index (χ1n) is 9.14. The van der Waals surface area contributed by atoms with Crippen molar-refractivity contribution < 1.29 is 0 Å². The summed E-state index contributed by atoms with van der Waals surface area (Å²) in [5.41, 5.74) is 4.42. The Labute approximate surface area is 136 Å². The molecule has 22 heavy (non-hydrogen) atoms. The largest absolute Gasteiger partial charge is 0.373 e. The van der Waals surface area contributed by atoms with Gasteiger partial charge in [0.05, 0.1) is 16.9 Å². The Morgan fingerprint density at radius 1 is 1.27 bits per heavy atom. The van der Waals surface area contributed by atoms with Gasteiger partial charge in [-0.05, 0) is 52.1 Å². The van der Waals surface area contributed by atoms with E-state index in [4.69, 9.17) is 0 Å². The second-order valence-corrected chi connectivity index (χ2v) is 6.04. The maximum absolute atomic E-state index is 3.91. The summed E-state index contributed by atoms with van der Waals surface area (Å²) in [4.78, 5) is 2.58. The molecule has 3 aliphatic heterocycles. The average Bonchev–Trinajstić information content (AvgIpc) is 2.58. The highest BCUT2D eigenvalue weighted by molar-refractivity contribution is 5.43. The highest BCUT2D eigenvalue weighted by Gasteiger charge is 2.44. The lowest BCUT2D eigenvalue weighted by atomic mass is 9.79. The molecule has 0 unspecified atom stereocenters. The van der Waals surface area contributed by atoms with Crippen molar-refractivity contribution in [3.8, 4) is 0 Å². The van der Waals surface area contributed by atoms with Crippen LogP contribution in [0.1, 0.15) is 59.8 Å². The number of allylic oxidation sites excluding steroid dienone is 3. The second kappa shape index (κ2) is 7.87. The van der Waals surface area contributed by atoms with Crippen molar-refractivity contribution in [2.45, 2.75) is 65.3 Å². The van der Waals surface area contributed by atoms with Crippen LogP contribution < -0.4 is 10.6 Å². The monoisotopic (exact) mass is 303 g/mol. The van der Waals surface area contributed by atoms with E-state index in [2.05, 4.69) is 47.6 Å². The molecule has 3 rings (SSSR count). The highest BCUT2D eigenvalue weighted by atomic mass is 15.3. The predicted molar refractivity (Wildman–Crippen MR) is 95.5 cm³/mol. The fourth-order valence-corrected chi connectivity index (χ4v) is 3.86. The van der Waals surface area contributed by atoms with Gasteiger partial charge in [0.1, 0.15) is 0 Å². The zero-order valence-electron chi connectivity index (χ0n) is 14.8. The molecule has 0 saturated carbocycles. The number of piperidine rings is 1. The third-order valence-corrected chi connectivity index (χ3v) is 4.78. The zero-order valence-corrected chi connectivity index (χ0v) is 14.8. The summed E-state index contributed by atoms with van der Waals surface area (Å²) in [7, 11) is 0. The van der Waals surface area contributed by atoms with Gasteiger partial charge in [0.2, 0.25) is 0 Å². The van der Waals surface area contributed by atoms with E-state index in [0.29, 0.717) is 0 Å². The number of fused-ring (bicyclic) bond motifs is 2. The van der Waals surface area contributed by atoms with Crippen LogP contribution >= 0.6 is 0 Å². The Kier molecular flexibility index (Phi) is 6.13. The Bertz CT molecular complexity index is 453. The van der Waals surface area contributed by atoms with Gasteiger partial charge in [-0.15, -0.1) is 0 Å². The summed E-state index contributed by atoms with van der Waals surface area (Å²) >= 11 is 0. The molecule has 0 bridgehead atoms. The minimum absolute atomic E-state index is 0.166. The molecule has 3 heteroatoms. The van der Waals surface area contributed by atoms with Crippen molar-refractivity contribution >= 4 is 0 Å². The van der Waals surface area contributed by atoms with Gasteiger partial charge >= 0.3 is 0 Å². The van der Waals surface area contributed by atoms with E-state index in [9.17, 15) is 0 Å². The first-order valence-corrected chi connectivity index (χ1v) is 9.14. The van der Waals surface area contributed by atoms with Gasteiger partial charge in [-0.25, -0.2) is 0 Å². The van der Waals surface area contributed by atoms with Crippen LogP contribution in [0.3, 0.4) is 0 Å². The summed E-state index contributed by atoms with van der Waals surface area (Å²) in [6.45, 7) is 11.8. The van der Waals surface area contributed by atoms with Gasteiger partial charge in [0, 0.05) is 12.2 Å². The third-order valence-electron chi connectivity index (χ3n) is 4.78. The molecule has 3 aliphatic rings. The van der Waals surface area contributed by atoms with Crippen LogP contribution in [0.5, 0.6) is 0 Å². The maximum atomic E-state index is 3.91. The Balaban J connectivity index is 0.000000847. The predicted octanol–water partition coefficient (Wildman–Crippen LogP) is 3.92. The number of hydrogen-bond acceptors (Lipinski definition) is 3. The summed E-state index contributed by atoms with van der Waals surface area (Å²) < 4.78 is 0. The summed E-state index contributed by atoms with van der Waals surface area (Å²) in [6, 6.07) is 0. The van der Waals surface area contributed by atoms with Crippen LogP contribution in [-0.2, 0) is 0 Å². The van der Waals surface area contributed by atoms with Crippen LogP contribution in [0, 0.1) is 0 Å². The quantitative estimate of drug-likeness (QED) is 0.769. The van der Waals surface area contributed by atoms with Gasteiger partial charge in [-0.1, -0.05) is 39.0 Å². The van der Waals surface area contributed by atoms with Crippen LogP contribution in [0.2, 0.25) is 0 Å². The molecule has 0 aromatic rings. The van der Waals surface area contributed by atoms with E-state index in [0.717, 1.165) is 19.5 Å². The fraction of sp³-hybridized carbons (Fsp3) is 0.684. The standard InChI is InChI=1S/C17H27N3.C2H6/c1-3-7-14-15(4-2)20-13-6-5-8-16(20)17(19-14)9-11-18-12-10-17;1-2/h4,7-8,18-19H,3,5-6,9-13H2,1-2H3;1-2H3/b14-7+,15-4+;. The maximum Gasteiger partial charge on any atom is 0.0797 e. The van der Waals surface area contributed by atoms with Gasteiger partial charge < -0.3 is 15.5 Å². The molecule has 0 amide bonds. The van der Waals surface area contributed by atoms with Crippen molar-refractivity contribution in [3.63, 3.8) is 0 Å². The second-order valence-electron chi connectivity index (χ2n) is 6.04. The van der Waals surface area contributed by atoms with E-state index in [1.54, 1.807) is 0 Å². The Hall–Kier alpha value is -1.22. The Morgan fingerprint density at radius 2 is 2.00 bits per heavy atom. The topological polar surface area (TPSA) is 27.3 Å². The molecule has 0 aliphatic carbocycles. The third kappa shape index (κ3) is 3.10. The van der Waals surface area contributed by atoms with Crippen molar-refractivity contribution in [2.75, 3.05) is 19.6 Å². The molecule has 2 saturated heterocycles. The number of piperazine rings is 1. The molecular weight excluding hydrogens is 270 g/mol. The minimum Gasteiger partial charge on any atom is -0.373 e. The van der Waals surface area contributed by atoms with Crippen molar-refractivity contribution in [2.24, 2.45) is 0 Å². The highest BCUT2D eigenvalue weighted by Crippen LogP contribution is 2.41. The number of rotatable bonds is 1. The van der Waals surface area contributed by atoms with Crippen LogP contribution in [-0.4, -0.2) is 30.1 Å². The van der Waals surface area contributed by atoms with Gasteiger partial charge in [0.15, 0.2) is 0 Å². The molecule has 0 aromatic heterocycles. The normalized spacial score (nSPS) is 26.9. The lowest BCUT2D eigenvalue weighted by Gasteiger charge is -2.52. The molecule has 1 spiro atoms. The molecule has 124 valence electrons. The van der Waals surface area contributed by atoms with Crippen LogP contribution in [0.15, 0.2) is 35.3 Å². The van der Waals surface area contributed by atoms with Crippen molar-refractivity contribution in [1.82, 2.24) is 15.5 Å². The molecule has 0 atom stereocenters. The SMILES string of the molecule is C/C=C1\C(=C/CC)NC2(CCNCC2)C2=CCCCN21.CC. The first kappa shape index (κ1) is 17.1. The molecular formula is C19H33N3. The first-order chi connectivity index (χ1) is 10.8. The fourth-order valence-electron chi connectivity index (χ4n) is 3.86. The van der Waals surface area contributed by atoms with Gasteiger partial charge in [-0.2, -0.15) is 0 Å².